The Hall–Kier alpha value is -2.05. The van der Waals surface area contributed by atoms with Crippen molar-refractivity contribution < 1.29 is 9.53 Å². The molecule has 1 aliphatic heterocycles. The third kappa shape index (κ3) is 4.56. The molecule has 0 bridgehead atoms. The van der Waals surface area contributed by atoms with E-state index in [9.17, 15) is 4.79 Å². The van der Waals surface area contributed by atoms with Crippen LogP contribution in [0.25, 0.3) is 0 Å². The van der Waals surface area contributed by atoms with Gasteiger partial charge >= 0.3 is 0 Å². The third-order valence-corrected chi connectivity index (χ3v) is 4.61. The quantitative estimate of drug-likeness (QED) is 0.809. The summed E-state index contributed by atoms with van der Waals surface area (Å²) in [6.07, 6.45) is 5.04. The summed E-state index contributed by atoms with van der Waals surface area (Å²) in [6.45, 7) is 5.98. The van der Waals surface area contributed by atoms with Crippen LogP contribution < -0.4 is 15.4 Å². The number of amides is 1. The Labute approximate surface area is 160 Å². The van der Waals surface area contributed by atoms with Crippen molar-refractivity contribution in [2.45, 2.75) is 37.8 Å². The molecule has 0 radical (unpaired) electrons. The molecule has 0 atom stereocenters. The van der Waals surface area contributed by atoms with Crippen LogP contribution in [0.1, 0.15) is 26.7 Å². The third-order valence-electron chi connectivity index (χ3n) is 4.61. The highest BCUT2D eigenvalue weighted by Gasteiger charge is 2.42. The maximum Gasteiger partial charge on any atom is 0.248 e. The van der Waals surface area contributed by atoms with Crippen LogP contribution in [0, 0.1) is 0 Å². The number of hydrogen-bond acceptors (Lipinski definition) is 4. The Bertz CT molecular complexity index is 683. The second kappa shape index (κ2) is 8.56. The van der Waals surface area contributed by atoms with Crippen LogP contribution >= 0.6 is 12.4 Å². The van der Waals surface area contributed by atoms with E-state index in [0.717, 1.165) is 31.7 Å². The van der Waals surface area contributed by atoms with Crippen LogP contribution in [-0.4, -0.2) is 40.9 Å². The monoisotopic (exact) mass is 378 g/mol. The fourth-order valence-electron chi connectivity index (χ4n) is 3.22. The molecule has 1 fully saturated rings. The number of rotatable bonds is 6. The Morgan fingerprint density at radius 1 is 1.27 bits per heavy atom. The average molecular weight is 379 g/mol. The van der Waals surface area contributed by atoms with Gasteiger partial charge < -0.3 is 15.4 Å². The summed E-state index contributed by atoms with van der Waals surface area (Å²) in [7, 11) is 0. The van der Waals surface area contributed by atoms with Gasteiger partial charge in [0.15, 0.2) is 0 Å². The molecule has 142 valence electrons. The zero-order valence-corrected chi connectivity index (χ0v) is 16.1. The first-order chi connectivity index (χ1) is 12.0. The largest absolute Gasteiger partial charge is 0.486 e. The van der Waals surface area contributed by atoms with E-state index in [1.54, 1.807) is 10.9 Å². The molecule has 1 aromatic carbocycles. The topological polar surface area (TPSA) is 68.2 Å². The number of ether oxygens (including phenoxy) is 1. The van der Waals surface area contributed by atoms with Gasteiger partial charge in [-0.1, -0.05) is 18.2 Å². The molecule has 1 saturated heterocycles. The van der Waals surface area contributed by atoms with Gasteiger partial charge in [0.25, 0.3) is 0 Å². The maximum atomic E-state index is 13.1. The van der Waals surface area contributed by atoms with Gasteiger partial charge in [-0.25, -0.2) is 0 Å². The lowest BCUT2D eigenvalue weighted by Gasteiger charge is -2.37. The molecule has 0 spiro atoms. The van der Waals surface area contributed by atoms with Crippen molar-refractivity contribution in [3.8, 4) is 5.75 Å². The summed E-state index contributed by atoms with van der Waals surface area (Å²) in [5.74, 6) is 0.799. The van der Waals surface area contributed by atoms with Gasteiger partial charge in [0, 0.05) is 12.4 Å². The standard InChI is InChI=1S/C19H26N4O2.ClH/c1-18(2,25-16-7-4-3-5-8-16)15-21-17(24)19(9-12-20-13-10-19)23-14-6-11-22-23;/h3-8,11,14,20H,9-10,12-13,15H2,1-2H3,(H,21,24);1H. The molecule has 7 heteroatoms. The lowest BCUT2D eigenvalue weighted by atomic mass is 9.87. The van der Waals surface area contributed by atoms with E-state index in [1.165, 1.54) is 0 Å². The van der Waals surface area contributed by atoms with Crippen LogP contribution in [-0.2, 0) is 10.3 Å². The highest BCUT2D eigenvalue weighted by atomic mass is 35.5. The number of piperidine rings is 1. The van der Waals surface area contributed by atoms with E-state index < -0.39 is 11.1 Å². The highest BCUT2D eigenvalue weighted by molar-refractivity contribution is 5.85. The zero-order chi connectivity index (χ0) is 17.8. The number of benzene rings is 1. The Morgan fingerprint density at radius 3 is 2.58 bits per heavy atom. The number of aromatic nitrogens is 2. The van der Waals surface area contributed by atoms with Crippen molar-refractivity contribution in [3.63, 3.8) is 0 Å². The van der Waals surface area contributed by atoms with Crippen LogP contribution in [0.15, 0.2) is 48.8 Å². The molecule has 6 nitrogen and oxygen atoms in total. The molecule has 2 aromatic rings. The van der Waals surface area contributed by atoms with E-state index in [2.05, 4.69) is 15.7 Å². The first kappa shape index (κ1) is 20.3. The molecule has 2 N–H and O–H groups in total. The van der Waals surface area contributed by atoms with Crippen LogP contribution in [0.3, 0.4) is 0 Å². The van der Waals surface area contributed by atoms with Gasteiger partial charge in [0.05, 0.1) is 6.54 Å². The Balaban J connectivity index is 0.00000243. The van der Waals surface area contributed by atoms with E-state index >= 15 is 0 Å². The fourth-order valence-corrected chi connectivity index (χ4v) is 3.22. The summed E-state index contributed by atoms with van der Waals surface area (Å²) in [5.41, 5.74) is -1.13. The summed E-state index contributed by atoms with van der Waals surface area (Å²) in [5, 5.41) is 10.7. The number of nitrogens with one attached hydrogen (secondary N) is 2. The number of nitrogens with zero attached hydrogens (tertiary/aromatic N) is 2. The van der Waals surface area contributed by atoms with Gasteiger partial charge in [-0.2, -0.15) is 5.10 Å². The number of hydrogen-bond donors (Lipinski definition) is 2. The first-order valence-corrected chi connectivity index (χ1v) is 8.75. The zero-order valence-electron chi connectivity index (χ0n) is 15.3. The summed E-state index contributed by atoms with van der Waals surface area (Å²) in [4.78, 5) is 13.1. The van der Waals surface area contributed by atoms with Crippen molar-refractivity contribution in [1.82, 2.24) is 20.4 Å². The summed E-state index contributed by atoms with van der Waals surface area (Å²) < 4.78 is 7.81. The number of para-hydroxylation sites is 1. The highest BCUT2D eigenvalue weighted by Crippen LogP contribution is 2.27. The minimum absolute atomic E-state index is 0. The van der Waals surface area contributed by atoms with Crippen LogP contribution in [0.4, 0.5) is 0 Å². The van der Waals surface area contributed by atoms with Gasteiger partial charge in [0.1, 0.15) is 16.9 Å². The van der Waals surface area contributed by atoms with E-state index in [1.807, 2.05) is 56.4 Å². The summed E-state index contributed by atoms with van der Waals surface area (Å²) in [6, 6.07) is 11.5. The second-order valence-corrected chi connectivity index (χ2v) is 7.09. The smallest absolute Gasteiger partial charge is 0.248 e. The normalized spacial score (nSPS) is 16.4. The average Bonchev–Trinajstić information content (AvgIpc) is 3.16. The SMILES string of the molecule is CC(C)(CNC(=O)C1(n2cccn2)CCNCC1)Oc1ccccc1.Cl. The molecule has 26 heavy (non-hydrogen) atoms. The van der Waals surface area contributed by atoms with Gasteiger partial charge in [-0.3, -0.25) is 9.48 Å². The molecule has 0 unspecified atom stereocenters. The minimum atomic E-state index is -0.627. The predicted molar refractivity (Wildman–Crippen MR) is 104 cm³/mol. The van der Waals surface area contributed by atoms with Crippen molar-refractivity contribution in [1.29, 1.82) is 0 Å². The molecule has 0 aliphatic carbocycles. The number of carbonyl (C=O) groups is 1. The lowest BCUT2D eigenvalue weighted by molar-refractivity contribution is -0.132. The van der Waals surface area contributed by atoms with E-state index in [0.29, 0.717) is 6.54 Å². The minimum Gasteiger partial charge on any atom is -0.486 e. The predicted octanol–water partition coefficient (Wildman–Crippen LogP) is 2.36. The Morgan fingerprint density at radius 2 is 1.96 bits per heavy atom. The van der Waals surface area contributed by atoms with Crippen molar-refractivity contribution in [2.24, 2.45) is 0 Å². The molecule has 0 saturated carbocycles. The lowest BCUT2D eigenvalue weighted by Crippen LogP contribution is -2.56. The molecular formula is C19H27ClN4O2. The van der Waals surface area contributed by atoms with Gasteiger partial charge in [-0.15, -0.1) is 12.4 Å². The molecule has 1 amide bonds. The number of carbonyl (C=O) groups excluding carboxylic acids is 1. The number of halogens is 1. The van der Waals surface area contributed by atoms with Crippen molar-refractivity contribution in [3.05, 3.63) is 48.8 Å². The molecular weight excluding hydrogens is 352 g/mol. The van der Waals surface area contributed by atoms with Crippen molar-refractivity contribution >= 4 is 18.3 Å². The molecule has 1 aromatic heterocycles. The van der Waals surface area contributed by atoms with Gasteiger partial charge in [-0.05, 0) is 58.0 Å². The fraction of sp³-hybridized carbons (Fsp3) is 0.474. The van der Waals surface area contributed by atoms with Crippen LogP contribution in [0.2, 0.25) is 0 Å². The molecule has 1 aliphatic rings. The second-order valence-electron chi connectivity index (χ2n) is 7.09. The van der Waals surface area contributed by atoms with Crippen LogP contribution in [0.5, 0.6) is 5.75 Å². The van der Waals surface area contributed by atoms with Gasteiger partial charge in [0.2, 0.25) is 5.91 Å². The first-order valence-electron chi connectivity index (χ1n) is 8.75. The summed E-state index contributed by atoms with van der Waals surface area (Å²) >= 11 is 0. The molecule has 3 rings (SSSR count). The van der Waals surface area contributed by atoms with Crippen molar-refractivity contribution in [2.75, 3.05) is 19.6 Å². The maximum absolute atomic E-state index is 13.1. The Kier molecular flexibility index (Phi) is 6.67. The molecule has 2 heterocycles. The van der Waals surface area contributed by atoms with E-state index in [-0.39, 0.29) is 18.3 Å². The van der Waals surface area contributed by atoms with E-state index in [4.69, 9.17) is 4.74 Å².